The molecule has 1 atom stereocenters. The van der Waals surface area contributed by atoms with Crippen LogP contribution in [0.3, 0.4) is 0 Å². The number of hydrogen-bond donors (Lipinski definition) is 1. The molecule has 0 aliphatic carbocycles. The van der Waals surface area contributed by atoms with Gasteiger partial charge in [0.15, 0.2) is 5.78 Å². The lowest BCUT2D eigenvalue weighted by Gasteiger charge is -2.21. The van der Waals surface area contributed by atoms with E-state index in [0.29, 0.717) is 5.56 Å². The van der Waals surface area contributed by atoms with Crippen molar-refractivity contribution in [3.63, 3.8) is 0 Å². The lowest BCUT2D eigenvalue weighted by atomic mass is 10.1. The minimum atomic E-state index is -0.656. The maximum absolute atomic E-state index is 12.0. The van der Waals surface area contributed by atoms with Crippen LogP contribution in [0.25, 0.3) is 0 Å². The number of alkyl carbamates (subject to hydrolysis) is 1. The third-order valence-corrected chi connectivity index (χ3v) is 2.25. The summed E-state index contributed by atoms with van der Waals surface area (Å²) in [6, 6.07) is -0.656. The van der Waals surface area contributed by atoms with Gasteiger partial charge in [-0.25, -0.2) is 4.79 Å². The first kappa shape index (κ1) is 14.3. The molecule has 1 heterocycles. The van der Waals surface area contributed by atoms with Crippen molar-refractivity contribution >= 4 is 11.9 Å². The first-order chi connectivity index (χ1) is 8.20. The fourth-order valence-electron chi connectivity index (χ4n) is 1.40. The number of furan rings is 1. The Bertz CT molecular complexity index is 442. The Hall–Kier alpha value is -1.78. The first-order valence-electron chi connectivity index (χ1n) is 5.77. The van der Waals surface area contributed by atoms with Gasteiger partial charge >= 0.3 is 6.09 Å². The van der Waals surface area contributed by atoms with Crippen LogP contribution in [0.4, 0.5) is 4.79 Å². The number of nitrogens with one attached hydrogen (secondary N) is 1. The van der Waals surface area contributed by atoms with Gasteiger partial charge in [-0.3, -0.25) is 4.79 Å². The van der Waals surface area contributed by atoms with Crippen molar-refractivity contribution in [2.75, 3.05) is 0 Å². The lowest BCUT2D eigenvalue weighted by Crippen LogP contribution is -2.41. The van der Waals surface area contributed by atoms with E-state index >= 15 is 0 Å². The lowest BCUT2D eigenvalue weighted by molar-refractivity contribution is 0.0496. The van der Waals surface area contributed by atoms with Crippen LogP contribution >= 0.6 is 0 Å². The number of hydrogen-bond acceptors (Lipinski definition) is 4. The fourth-order valence-corrected chi connectivity index (χ4v) is 1.40. The van der Waals surface area contributed by atoms with E-state index in [1.165, 1.54) is 12.5 Å². The molecule has 0 aromatic carbocycles. The van der Waals surface area contributed by atoms with E-state index in [0.717, 1.165) is 5.56 Å². The van der Waals surface area contributed by atoms with Gasteiger partial charge in [0.1, 0.15) is 11.9 Å². The van der Waals surface area contributed by atoms with E-state index < -0.39 is 17.7 Å². The van der Waals surface area contributed by atoms with Gasteiger partial charge in [0, 0.05) is 0 Å². The van der Waals surface area contributed by atoms with Crippen LogP contribution in [0.5, 0.6) is 0 Å². The molecule has 0 saturated carbocycles. The third kappa shape index (κ3) is 3.91. The zero-order valence-electron chi connectivity index (χ0n) is 11.4. The molecule has 5 nitrogen and oxygen atoms in total. The highest BCUT2D eigenvalue weighted by Gasteiger charge is 2.23. The molecular weight excluding hydrogens is 234 g/mol. The SMILES string of the molecule is Cc1cocc1C(=O)[C@@H](C)NC(=O)OC(C)(C)C. The highest BCUT2D eigenvalue weighted by molar-refractivity contribution is 6.02. The molecule has 1 aromatic rings. The second kappa shape index (κ2) is 5.25. The summed E-state index contributed by atoms with van der Waals surface area (Å²) < 4.78 is 10.0. The molecule has 1 rings (SSSR count). The molecule has 1 N–H and O–H groups in total. The number of Topliss-reactive ketones (excluding diaryl/α,β-unsaturated/α-hetero) is 1. The van der Waals surface area contributed by atoms with Crippen molar-refractivity contribution in [2.45, 2.75) is 46.3 Å². The summed E-state index contributed by atoms with van der Waals surface area (Å²) >= 11 is 0. The Morgan fingerprint density at radius 3 is 2.39 bits per heavy atom. The molecule has 0 saturated heterocycles. The molecule has 0 radical (unpaired) electrons. The second-order valence-electron chi connectivity index (χ2n) is 5.20. The quantitative estimate of drug-likeness (QED) is 0.841. The van der Waals surface area contributed by atoms with E-state index in [-0.39, 0.29) is 5.78 Å². The standard InChI is InChI=1S/C13H19NO4/c1-8-6-17-7-10(8)11(15)9(2)14-12(16)18-13(3,4)5/h6-7,9H,1-5H3,(H,14,16)/t9-/m1/s1. The topological polar surface area (TPSA) is 68.5 Å². The van der Waals surface area contributed by atoms with Gasteiger partial charge in [0.25, 0.3) is 0 Å². The Kier molecular flexibility index (Phi) is 4.16. The van der Waals surface area contributed by atoms with Crippen LogP contribution in [-0.4, -0.2) is 23.5 Å². The molecule has 100 valence electrons. The van der Waals surface area contributed by atoms with Gasteiger partial charge in [-0.15, -0.1) is 0 Å². The molecule has 0 aliphatic heterocycles. The summed E-state index contributed by atoms with van der Waals surface area (Å²) in [5.41, 5.74) is 0.634. The average molecular weight is 253 g/mol. The Labute approximate surface area is 106 Å². The van der Waals surface area contributed by atoms with E-state index in [4.69, 9.17) is 9.15 Å². The average Bonchev–Trinajstić information content (AvgIpc) is 2.60. The number of carbonyl (C=O) groups excluding carboxylic acids is 2. The highest BCUT2D eigenvalue weighted by atomic mass is 16.6. The predicted octanol–water partition coefficient (Wildman–Crippen LogP) is 2.68. The molecule has 0 aliphatic rings. The molecule has 1 aromatic heterocycles. The number of rotatable bonds is 3. The highest BCUT2D eigenvalue weighted by Crippen LogP contribution is 2.12. The molecule has 0 bridgehead atoms. The molecular formula is C13H19NO4. The number of ketones is 1. The van der Waals surface area contributed by atoms with Crippen molar-refractivity contribution in [3.8, 4) is 0 Å². The van der Waals surface area contributed by atoms with Crippen molar-refractivity contribution in [3.05, 3.63) is 23.7 Å². The minimum absolute atomic E-state index is 0.202. The molecule has 0 unspecified atom stereocenters. The number of ether oxygens (including phenoxy) is 1. The maximum atomic E-state index is 12.0. The summed E-state index contributed by atoms with van der Waals surface area (Å²) in [7, 11) is 0. The summed E-state index contributed by atoms with van der Waals surface area (Å²) in [5, 5.41) is 2.50. The van der Waals surface area contributed by atoms with Crippen LogP contribution in [0.15, 0.2) is 16.9 Å². The maximum Gasteiger partial charge on any atom is 0.408 e. The molecule has 0 fully saturated rings. The summed E-state index contributed by atoms with van der Waals surface area (Å²) in [6.07, 6.45) is 2.27. The molecule has 0 spiro atoms. The normalized spacial score (nSPS) is 12.9. The van der Waals surface area contributed by atoms with Crippen LogP contribution in [0.1, 0.15) is 43.6 Å². The third-order valence-electron chi connectivity index (χ3n) is 2.25. The largest absolute Gasteiger partial charge is 0.472 e. The first-order valence-corrected chi connectivity index (χ1v) is 5.77. The zero-order valence-corrected chi connectivity index (χ0v) is 11.4. The van der Waals surface area contributed by atoms with Crippen LogP contribution in [0, 0.1) is 6.92 Å². The van der Waals surface area contributed by atoms with E-state index in [1.54, 1.807) is 34.6 Å². The van der Waals surface area contributed by atoms with Gasteiger partial charge in [0.05, 0.1) is 17.9 Å². The molecule has 1 amide bonds. The van der Waals surface area contributed by atoms with Crippen LogP contribution in [-0.2, 0) is 4.74 Å². The van der Waals surface area contributed by atoms with Crippen molar-refractivity contribution in [2.24, 2.45) is 0 Å². The van der Waals surface area contributed by atoms with Crippen LogP contribution in [0.2, 0.25) is 0 Å². The zero-order chi connectivity index (χ0) is 13.9. The molecule has 18 heavy (non-hydrogen) atoms. The summed E-state index contributed by atoms with van der Waals surface area (Å²) in [5.74, 6) is -0.202. The van der Waals surface area contributed by atoms with Gasteiger partial charge < -0.3 is 14.5 Å². The second-order valence-corrected chi connectivity index (χ2v) is 5.20. The Balaban J connectivity index is 2.61. The summed E-state index contributed by atoms with van der Waals surface area (Å²) in [6.45, 7) is 8.67. The van der Waals surface area contributed by atoms with Gasteiger partial charge in [0.2, 0.25) is 0 Å². The smallest absolute Gasteiger partial charge is 0.408 e. The van der Waals surface area contributed by atoms with Crippen molar-refractivity contribution in [1.29, 1.82) is 0 Å². The number of aryl methyl sites for hydroxylation is 1. The van der Waals surface area contributed by atoms with Gasteiger partial charge in [-0.1, -0.05) is 0 Å². The van der Waals surface area contributed by atoms with Gasteiger partial charge in [-0.2, -0.15) is 0 Å². The fraction of sp³-hybridized carbons (Fsp3) is 0.538. The van der Waals surface area contributed by atoms with Crippen molar-refractivity contribution < 1.29 is 18.7 Å². The predicted molar refractivity (Wildman–Crippen MR) is 66.6 cm³/mol. The number of carbonyl (C=O) groups is 2. The van der Waals surface area contributed by atoms with E-state index in [2.05, 4.69) is 5.32 Å². The summed E-state index contributed by atoms with van der Waals surface area (Å²) in [4.78, 5) is 23.5. The molecule has 5 heteroatoms. The van der Waals surface area contributed by atoms with E-state index in [1.807, 2.05) is 0 Å². The van der Waals surface area contributed by atoms with Crippen molar-refractivity contribution in [1.82, 2.24) is 5.32 Å². The van der Waals surface area contributed by atoms with Gasteiger partial charge in [-0.05, 0) is 40.2 Å². The Morgan fingerprint density at radius 1 is 1.33 bits per heavy atom. The Morgan fingerprint density at radius 2 is 1.94 bits per heavy atom. The number of amides is 1. The van der Waals surface area contributed by atoms with Crippen LogP contribution < -0.4 is 5.32 Å². The van der Waals surface area contributed by atoms with E-state index in [9.17, 15) is 9.59 Å². The minimum Gasteiger partial charge on any atom is -0.472 e. The monoisotopic (exact) mass is 253 g/mol.